The van der Waals surface area contributed by atoms with Crippen LogP contribution in [0, 0.1) is 0 Å². The van der Waals surface area contributed by atoms with Gasteiger partial charge >= 0.3 is 0 Å². The third kappa shape index (κ3) is 8.68. The lowest BCUT2D eigenvalue weighted by atomic mass is 9.76. The molecule has 0 saturated heterocycles. The third-order valence-corrected chi connectivity index (χ3v) is 11.4. The minimum Gasteiger partial charge on any atom is -0.497 e. The number of benzene rings is 4. The number of amides is 1. The van der Waals surface area contributed by atoms with Crippen molar-refractivity contribution in [1.29, 1.82) is 0 Å². The molecular formula is C43H50N8O4S. The maximum Gasteiger partial charge on any atom is 0.287 e. The van der Waals surface area contributed by atoms with Crippen molar-refractivity contribution in [2.75, 3.05) is 17.7 Å². The molecule has 0 saturated carbocycles. The molecule has 0 bridgehead atoms. The number of hydrogen-bond donors (Lipinski definition) is 3. The Bertz CT molecular complexity index is 2310. The highest BCUT2D eigenvalue weighted by Gasteiger charge is 2.29. The van der Waals surface area contributed by atoms with Crippen LogP contribution in [0.5, 0.6) is 11.5 Å². The van der Waals surface area contributed by atoms with Gasteiger partial charge < -0.3 is 20.1 Å². The number of aromatic nitrogens is 6. The van der Waals surface area contributed by atoms with Crippen LogP contribution >= 0.6 is 11.8 Å². The Morgan fingerprint density at radius 1 is 0.857 bits per heavy atom. The van der Waals surface area contributed by atoms with E-state index in [9.17, 15) is 9.59 Å². The Hall–Kier alpha value is -5.82. The van der Waals surface area contributed by atoms with E-state index in [4.69, 9.17) is 9.47 Å². The molecule has 1 amide bonds. The Morgan fingerprint density at radius 2 is 1.54 bits per heavy atom. The van der Waals surface area contributed by atoms with Gasteiger partial charge in [0, 0.05) is 16.9 Å². The van der Waals surface area contributed by atoms with Crippen LogP contribution in [-0.4, -0.2) is 49.1 Å². The van der Waals surface area contributed by atoms with Crippen LogP contribution in [0.2, 0.25) is 0 Å². The van der Waals surface area contributed by atoms with E-state index in [1.165, 1.54) is 10.2 Å². The summed E-state index contributed by atoms with van der Waals surface area (Å²) in [6, 6.07) is 30.3. The second-order valence-electron chi connectivity index (χ2n) is 14.9. The molecule has 0 aliphatic rings. The third-order valence-electron chi connectivity index (χ3n) is 10.4. The average Bonchev–Trinajstić information content (AvgIpc) is 3.81. The molecule has 1 atom stereocenters. The fraction of sp³-hybridized carbons (Fsp3) is 0.326. The van der Waals surface area contributed by atoms with Crippen molar-refractivity contribution < 1.29 is 14.3 Å². The summed E-state index contributed by atoms with van der Waals surface area (Å²) in [5.74, 6) is 1.63. The maximum atomic E-state index is 14.1. The number of para-hydroxylation sites is 1. The molecular weight excluding hydrogens is 725 g/mol. The molecule has 2 heterocycles. The summed E-state index contributed by atoms with van der Waals surface area (Å²) in [6.45, 7) is 15.2. The number of nitrogens with one attached hydrogen (secondary N) is 3. The number of ether oxygens (including phenoxy) is 2. The van der Waals surface area contributed by atoms with Crippen molar-refractivity contribution in [2.24, 2.45) is 0 Å². The van der Waals surface area contributed by atoms with Crippen LogP contribution in [0.15, 0.2) is 112 Å². The number of carbonyl (C=O) groups excluding carboxylic acids is 1. The number of anilines is 3. The van der Waals surface area contributed by atoms with E-state index in [1.807, 2.05) is 67.6 Å². The Kier molecular flexibility index (Phi) is 12.0. The molecule has 0 fully saturated rings. The number of H-pyrrole nitrogens is 1. The number of aromatic amines is 1. The molecule has 0 radical (unpaired) electrons. The van der Waals surface area contributed by atoms with Crippen LogP contribution in [0.25, 0.3) is 11.4 Å². The van der Waals surface area contributed by atoms with Crippen molar-refractivity contribution in [1.82, 2.24) is 30.0 Å². The predicted octanol–water partition coefficient (Wildman–Crippen LogP) is 9.22. The van der Waals surface area contributed by atoms with Crippen molar-refractivity contribution in [3.05, 3.63) is 119 Å². The maximum absolute atomic E-state index is 14.1. The first-order valence-electron chi connectivity index (χ1n) is 18.9. The van der Waals surface area contributed by atoms with Gasteiger partial charge in [0.05, 0.1) is 18.5 Å². The largest absolute Gasteiger partial charge is 0.497 e. The lowest BCUT2D eigenvalue weighted by Crippen LogP contribution is -2.33. The molecule has 4 aromatic carbocycles. The summed E-state index contributed by atoms with van der Waals surface area (Å²) >= 11 is 1.14. The first-order chi connectivity index (χ1) is 26.9. The first-order valence-corrected chi connectivity index (χ1v) is 19.7. The summed E-state index contributed by atoms with van der Waals surface area (Å²) in [7, 11) is 1.61. The van der Waals surface area contributed by atoms with Gasteiger partial charge in [-0.1, -0.05) is 78.8 Å². The Morgan fingerprint density at radius 3 is 2.18 bits per heavy atom. The van der Waals surface area contributed by atoms with Gasteiger partial charge in [0.1, 0.15) is 22.2 Å². The van der Waals surface area contributed by atoms with Gasteiger partial charge in [-0.25, -0.2) is 4.68 Å². The fourth-order valence-corrected chi connectivity index (χ4v) is 6.90. The zero-order chi connectivity index (χ0) is 40.0. The molecule has 12 nitrogen and oxygen atoms in total. The number of hydrogen-bond acceptors (Lipinski definition) is 9. The highest BCUT2D eigenvalue weighted by Crippen LogP contribution is 2.39. The van der Waals surface area contributed by atoms with E-state index >= 15 is 0 Å². The van der Waals surface area contributed by atoms with Gasteiger partial charge in [-0.3, -0.25) is 14.7 Å². The number of nitrogens with zero attached hydrogens (tertiary/aromatic N) is 5. The molecule has 6 aromatic rings. The molecule has 3 N–H and O–H groups in total. The van der Waals surface area contributed by atoms with E-state index in [-0.39, 0.29) is 22.3 Å². The van der Waals surface area contributed by atoms with E-state index in [0.717, 1.165) is 47.3 Å². The zero-order valence-electron chi connectivity index (χ0n) is 33.2. The summed E-state index contributed by atoms with van der Waals surface area (Å²) in [5, 5.41) is 22.2. The molecule has 1 unspecified atom stereocenters. The summed E-state index contributed by atoms with van der Waals surface area (Å²) in [5.41, 5.74) is 4.54. The minimum absolute atomic E-state index is 0.0197. The first kappa shape index (κ1) is 39.9. The molecule has 0 aliphatic heterocycles. The number of tetrazole rings is 1. The number of rotatable bonds is 16. The standard InChI is InChI=1S/C43H50N8O4S/c1-9-35(55-36-26-17-28(42(4,5)10-2)27-34(36)43(6,7)11-3)39(52)45-30-18-22-32(23-19-30)50-40(53)37(38(47-50)44-29-20-24-33(54-8)25-21-29)56-41-46-48-49-51(41)31-15-13-12-14-16-31/h12-27,35,44,47H,9-11H2,1-8H3,(H,45,52). The van der Waals surface area contributed by atoms with Gasteiger partial charge in [0.2, 0.25) is 5.16 Å². The highest BCUT2D eigenvalue weighted by molar-refractivity contribution is 7.99. The quantitative estimate of drug-likeness (QED) is 0.0878. The van der Waals surface area contributed by atoms with E-state index in [0.29, 0.717) is 39.4 Å². The minimum atomic E-state index is -0.712. The smallest absolute Gasteiger partial charge is 0.287 e. The molecule has 0 spiro atoms. The lowest BCUT2D eigenvalue weighted by molar-refractivity contribution is -0.122. The van der Waals surface area contributed by atoms with Crippen molar-refractivity contribution in [2.45, 2.75) is 94.7 Å². The van der Waals surface area contributed by atoms with Crippen molar-refractivity contribution in [3.63, 3.8) is 0 Å². The van der Waals surface area contributed by atoms with Crippen LogP contribution in [0.4, 0.5) is 17.2 Å². The second kappa shape index (κ2) is 16.9. The molecule has 13 heteroatoms. The molecule has 0 aliphatic carbocycles. The number of carbonyl (C=O) groups is 1. The van der Waals surface area contributed by atoms with E-state index in [2.05, 4.69) is 84.9 Å². The summed E-state index contributed by atoms with van der Waals surface area (Å²) < 4.78 is 14.8. The summed E-state index contributed by atoms with van der Waals surface area (Å²) in [6.07, 6.45) is 1.70. The molecule has 56 heavy (non-hydrogen) atoms. The average molecular weight is 775 g/mol. The Balaban J connectivity index is 1.25. The summed E-state index contributed by atoms with van der Waals surface area (Å²) in [4.78, 5) is 28.1. The normalized spacial score (nSPS) is 12.3. The second-order valence-corrected chi connectivity index (χ2v) is 15.8. The van der Waals surface area contributed by atoms with Crippen molar-refractivity contribution in [3.8, 4) is 22.9 Å². The Labute approximate surface area is 332 Å². The van der Waals surface area contributed by atoms with Gasteiger partial charge in [0.25, 0.3) is 11.5 Å². The van der Waals surface area contributed by atoms with Gasteiger partial charge in [-0.05, 0) is 125 Å². The van der Waals surface area contributed by atoms with Gasteiger partial charge in [-0.2, -0.15) is 4.68 Å². The van der Waals surface area contributed by atoms with Gasteiger partial charge in [0.15, 0.2) is 6.10 Å². The van der Waals surface area contributed by atoms with E-state index < -0.39 is 6.10 Å². The molecule has 6 rings (SSSR count). The van der Waals surface area contributed by atoms with E-state index in [1.54, 1.807) is 36.1 Å². The van der Waals surface area contributed by atoms with Crippen molar-refractivity contribution >= 4 is 34.9 Å². The fourth-order valence-electron chi connectivity index (χ4n) is 6.04. The van der Waals surface area contributed by atoms with Gasteiger partial charge in [-0.15, -0.1) is 5.10 Å². The number of methoxy groups -OCH3 is 1. The molecule has 2 aromatic heterocycles. The van der Waals surface area contributed by atoms with Crippen LogP contribution in [0.1, 0.15) is 78.9 Å². The highest BCUT2D eigenvalue weighted by atomic mass is 32.2. The monoisotopic (exact) mass is 774 g/mol. The van der Waals surface area contributed by atoms with Crippen LogP contribution < -0.4 is 25.7 Å². The zero-order valence-corrected chi connectivity index (χ0v) is 34.0. The molecule has 292 valence electrons. The predicted molar refractivity (Wildman–Crippen MR) is 222 cm³/mol. The topological polar surface area (TPSA) is 141 Å². The SMILES string of the molecule is CCC(Oc1ccc(C(C)(C)CC)cc1C(C)(C)CC)C(=O)Nc1ccc(-n2[nH]c(Nc3ccc(OC)cc3)c(Sc3nnnn3-c3ccccc3)c2=O)cc1. The van der Waals surface area contributed by atoms with Crippen LogP contribution in [0.3, 0.4) is 0 Å². The van der Waals surface area contributed by atoms with Crippen LogP contribution in [-0.2, 0) is 15.6 Å². The lowest BCUT2D eigenvalue weighted by Gasteiger charge is -2.31.